The summed E-state index contributed by atoms with van der Waals surface area (Å²) in [6.07, 6.45) is 3.75. The summed E-state index contributed by atoms with van der Waals surface area (Å²) in [5.41, 5.74) is 2.17. The van der Waals surface area contributed by atoms with Crippen LogP contribution in [-0.2, 0) is 11.3 Å². The number of aromatic nitrogens is 2. The van der Waals surface area contributed by atoms with Crippen LogP contribution in [-0.4, -0.2) is 52.4 Å². The fraction of sp³-hybridized carbons (Fsp3) is 0.421. The van der Waals surface area contributed by atoms with E-state index in [4.69, 9.17) is 4.74 Å². The molecule has 6 nitrogen and oxygen atoms in total. The predicted molar refractivity (Wildman–Crippen MR) is 95.2 cm³/mol. The summed E-state index contributed by atoms with van der Waals surface area (Å²) in [5, 5.41) is 0. The van der Waals surface area contributed by atoms with Gasteiger partial charge in [-0.05, 0) is 13.0 Å². The molecule has 0 aliphatic carbocycles. The van der Waals surface area contributed by atoms with Crippen molar-refractivity contribution in [3.63, 3.8) is 0 Å². The van der Waals surface area contributed by atoms with Crippen LogP contribution in [0.4, 0.5) is 0 Å². The molecule has 0 bridgehead atoms. The van der Waals surface area contributed by atoms with Gasteiger partial charge in [-0.15, -0.1) is 0 Å². The summed E-state index contributed by atoms with van der Waals surface area (Å²) >= 11 is 0. The molecule has 1 amide bonds. The minimum absolute atomic E-state index is 0.0788. The second kappa shape index (κ2) is 7.61. The van der Waals surface area contributed by atoms with E-state index in [2.05, 4.69) is 20.9 Å². The van der Waals surface area contributed by atoms with Gasteiger partial charge < -0.3 is 9.64 Å². The Balaban J connectivity index is 1.89. The van der Waals surface area contributed by atoms with Crippen LogP contribution < -0.4 is 4.74 Å². The van der Waals surface area contributed by atoms with E-state index < -0.39 is 0 Å². The van der Waals surface area contributed by atoms with Crippen molar-refractivity contribution in [3.8, 4) is 5.75 Å². The van der Waals surface area contributed by atoms with E-state index in [1.165, 1.54) is 0 Å². The third-order valence-corrected chi connectivity index (χ3v) is 4.65. The molecule has 3 rings (SSSR count). The zero-order chi connectivity index (χ0) is 17.8. The van der Waals surface area contributed by atoms with Crippen LogP contribution in [0.1, 0.15) is 29.9 Å². The molecule has 0 N–H and O–H groups in total. The van der Waals surface area contributed by atoms with Gasteiger partial charge in [-0.1, -0.05) is 18.2 Å². The first-order chi connectivity index (χ1) is 12.1. The smallest absolute Gasteiger partial charge is 0.219 e. The number of para-hydroxylation sites is 1. The summed E-state index contributed by atoms with van der Waals surface area (Å²) in [6.45, 7) is 6.44. The molecule has 0 saturated carbocycles. The van der Waals surface area contributed by atoms with Crippen molar-refractivity contribution in [2.75, 3.05) is 26.7 Å². The average molecular weight is 340 g/mol. The Labute approximate surface area is 148 Å². The lowest BCUT2D eigenvalue weighted by Gasteiger charge is -2.41. The number of methoxy groups -OCH3 is 1. The summed E-state index contributed by atoms with van der Waals surface area (Å²) < 4.78 is 5.55. The van der Waals surface area contributed by atoms with Gasteiger partial charge in [0.2, 0.25) is 5.91 Å². The highest BCUT2D eigenvalue weighted by Crippen LogP contribution is 2.33. The van der Waals surface area contributed by atoms with E-state index in [1.807, 2.05) is 42.4 Å². The van der Waals surface area contributed by atoms with E-state index >= 15 is 0 Å². The Bertz CT molecular complexity index is 732. The van der Waals surface area contributed by atoms with Crippen molar-refractivity contribution < 1.29 is 9.53 Å². The van der Waals surface area contributed by atoms with Crippen LogP contribution in [0.3, 0.4) is 0 Å². The fourth-order valence-corrected chi connectivity index (χ4v) is 3.27. The van der Waals surface area contributed by atoms with Gasteiger partial charge in [0.05, 0.1) is 13.2 Å². The number of carbonyl (C=O) groups excluding carboxylic acids is 1. The maximum absolute atomic E-state index is 11.9. The first-order valence-corrected chi connectivity index (χ1v) is 8.48. The first kappa shape index (κ1) is 17.4. The Hall–Kier alpha value is -2.47. The number of hydrogen-bond acceptors (Lipinski definition) is 5. The molecule has 1 saturated heterocycles. The van der Waals surface area contributed by atoms with E-state index in [1.54, 1.807) is 14.0 Å². The standard InChI is InChI=1S/C19H24N4O2/c1-14-20-10-16(11-21-14)12-23-9-8-22(15(2)24)13-18(23)17-6-4-5-7-19(17)25-3/h4-7,10-11,18H,8-9,12-13H2,1-3H3/t18-/m1/s1. The van der Waals surface area contributed by atoms with E-state index in [0.717, 1.165) is 42.3 Å². The van der Waals surface area contributed by atoms with Gasteiger partial charge in [-0.2, -0.15) is 0 Å². The number of aryl methyl sites for hydroxylation is 1. The van der Waals surface area contributed by atoms with Gasteiger partial charge in [-0.3, -0.25) is 9.69 Å². The predicted octanol–water partition coefficient (Wildman–Crippen LogP) is 2.20. The summed E-state index contributed by atoms with van der Waals surface area (Å²) in [7, 11) is 1.68. The maximum Gasteiger partial charge on any atom is 0.219 e. The molecule has 1 aliphatic rings. The van der Waals surface area contributed by atoms with Gasteiger partial charge in [0.1, 0.15) is 11.6 Å². The van der Waals surface area contributed by atoms with E-state index in [0.29, 0.717) is 6.54 Å². The number of piperazine rings is 1. The largest absolute Gasteiger partial charge is 0.496 e. The average Bonchev–Trinajstić information content (AvgIpc) is 2.63. The number of rotatable bonds is 4. The van der Waals surface area contributed by atoms with Crippen molar-refractivity contribution in [1.29, 1.82) is 0 Å². The molecule has 2 heterocycles. The van der Waals surface area contributed by atoms with Crippen molar-refractivity contribution in [2.24, 2.45) is 0 Å². The Morgan fingerprint density at radius 1 is 1.24 bits per heavy atom. The third-order valence-electron chi connectivity index (χ3n) is 4.65. The van der Waals surface area contributed by atoms with Crippen molar-refractivity contribution in [3.05, 3.63) is 53.6 Å². The molecule has 1 atom stereocenters. The number of benzene rings is 1. The van der Waals surface area contributed by atoms with Gasteiger partial charge in [-0.25, -0.2) is 9.97 Å². The molecule has 1 aromatic heterocycles. The van der Waals surface area contributed by atoms with Crippen LogP contribution in [0.5, 0.6) is 5.75 Å². The number of hydrogen-bond donors (Lipinski definition) is 0. The molecular weight excluding hydrogens is 316 g/mol. The lowest BCUT2D eigenvalue weighted by atomic mass is 10.0. The number of nitrogens with zero attached hydrogens (tertiary/aromatic N) is 4. The first-order valence-electron chi connectivity index (χ1n) is 8.48. The van der Waals surface area contributed by atoms with Gasteiger partial charge >= 0.3 is 0 Å². The monoisotopic (exact) mass is 340 g/mol. The lowest BCUT2D eigenvalue weighted by molar-refractivity contribution is -0.132. The Morgan fingerprint density at radius 2 is 1.96 bits per heavy atom. The van der Waals surface area contributed by atoms with Crippen molar-refractivity contribution in [1.82, 2.24) is 19.8 Å². The minimum Gasteiger partial charge on any atom is -0.496 e. The van der Waals surface area contributed by atoms with Gasteiger partial charge in [0, 0.05) is 56.6 Å². The third kappa shape index (κ3) is 3.96. The molecule has 6 heteroatoms. The summed E-state index contributed by atoms with van der Waals surface area (Å²) in [5.74, 6) is 1.73. The molecule has 132 valence electrons. The summed E-state index contributed by atoms with van der Waals surface area (Å²) in [4.78, 5) is 24.7. The van der Waals surface area contributed by atoms with E-state index in [9.17, 15) is 4.79 Å². The van der Waals surface area contributed by atoms with Crippen LogP contribution in [0.25, 0.3) is 0 Å². The SMILES string of the molecule is COc1ccccc1[C@H]1CN(C(C)=O)CCN1Cc1cnc(C)nc1. The Kier molecular flexibility index (Phi) is 5.28. The zero-order valence-electron chi connectivity index (χ0n) is 15.0. The molecule has 1 aromatic carbocycles. The topological polar surface area (TPSA) is 58.6 Å². The molecule has 0 unspecified atom stereocenters. The second-order valence-electron chi connectivity index (χ2n) is 6.33. The van der Waals surface area contributed by atoms with Crippen LogP contribution in [0.2, 0.25) is 0 Å². The highest BCUT2D eigenvalue weighted by Gasteiger charge is 2.31. The fourth-order valence-electron chi connectivity index (χ4n) is 3.27. The van der Waals surface area contributed by atoms with E-state index in [-0.39, 0.29) is 11.9 Å². The lowest BCUT2D eigenvalue weighted by Crippen LogP contribution is -2.49. The quantitative estimate of drug-likeness (QED) is 0.854. The molecule has 2 aromatic rings. The number of amides is 1. The molecule has 0 radical (unpaired) electrons. The molecule has 0 spiro atoms. The number of carbonyl (C=O) groups is 1. The van der Waals surface area contributed by atoms with Crippen LogP contribution in [0.15, 0.2) is 36.7 Å². The second-order valence-corrected chi connectivity index (χ2v) is 6.33. The van der Waals surface area contributed by atoms with Gasteiger partial charge in [0.15, 0.2) is 0 Å². The molecule has 1 fully saturated rings. The Morgan fingerprint density at radius 3 is 2.64 bits per heavy atom. The molecular formula is C19H24N4O2. The van der Waals surface area contributed by atoms with Crippen molar-refractivity contribution in [2.45, 2.75) is 26.4 Å². The van der Waals surface area contributed by atoms with Crippen LogP contribution >= 0.6 is 0 Å². The summed E-state index contributed by atoms with van der Waals surface area (Å²) in [6, 6.07) is 8.10. The minimum atomic E-state index is 0.0788. The van der Waals surface area contributed by atoms with Gasteiger partial charge in [0.25, 0.3) is 0 Å². The normalized spacial score (nSPS) is 18.2. The molecule has 1 aliphatic heterocycles. The zero-order valence-corrected chi connectivity index (χ0v) is 15.0. The maximum atomic E-state index is 11.9. The highest BCUT2D eigenvalue weighted by molar-refractivity contribution is 5.73. The highest BCUT2D eigenvalue weighted by atomic mass is 16.5. The number of ether oxygens (including phenoxy) is 1. The molecule has 25 heavy (non-hydrogen) atoms. The van der Waals surface area contributed by atoms with Crippen molar-refractivity contribution >= 4 is 5.91 Å². The van der Waals surface area contributed by atoms with Crippen LogP contribution in [0, 0.1) is 6.92 Å².